The molecule has 2 N–H and O–H groups in total. The topological polar surface area (TPSA) is 91.0 Å². The number of anilines is 1. The number of nitrogens with zero attached hydrogens (tertiary/aromatic N) is 2. The number of amides is 3. The zero-order chi connectivity index (χ0) is 32.6. The molecule has 1 saturated heterocycles. The van der Waals surface area contributed by atoms with Gasteiger partial charge in [-0.05, 0) is 75.3 Å². The lowest BCUT2D eigenvalue weighted by molar-refractivity contribution is -0.140. The molecule has 44 heavy (non-hydrogen) atoms. The Bertz CT molecular complexity index is 1300. The predicted molar refractivity (Wildman–Crippen MR) is 178 cm³/mol. The number of hydrogen-bond acceptors (Lipinski definition) is 5. The highest BCUT2D eigenvalue weighted by molar-refractivity contribution is 6.04. The molecule has 2 aromatic carbocycles. The first-order valence-electron chi connectivity index (χ1n) is 15.9. The van der Waals surface area contributed by atoms with Crippen LogP contribution in [0.5, 0.6) is 5.75 Å². The van der Waals surface area contributed by atoms with Gasteiger partial charge >= 0.3 is 0 Å². The summed E-state index contributed by atoms with van der Waals surface area (Å²) in [6.45, 7) is 14.8. The smallest absolute Gasteiger partial charge is 0.251 e. The van der Waals surface area contributed by atoms with Crippen LogP contribution in [0.2, 0.25) is 0 Å². The van der Waals surface area contributed by atoms with E-state index < -0.39 is 6.04 Å². The molecule has 2 aromatic rings. The first-order valence-corrected chi connectivity index (χ1v) is 15.9. The van der Waals surface area contributed by atoms with Gasteiger partial charge in [0.05, 0.1) is 24.9 Å². The Morgan fingerprint density at radius 2 is 1.64 bits per heavy atom. The van der Waals surface area contributed by atoms with Crippen LogP contribution in [-0.4, -0.2) is 72.4 Å². The highest BCUT2D eigenvalue weighted by atomic mass is 16.5. The van der Waals surface area contributed by atoms with Crippen molar-refractivity contribution in [3.05, 3.63) is 60.2 Å². The third-order valence-corrected chi connectivity index (χ3v) is 8.55. The van der Waals surface area contributed by atoms with E-state index in [2.05, 4.69) is 29.4 Å². The number of likely N-dealkylation sites (tertiary alicyclic amines) is 1. The Balaban J connectivity index is 1.79. The number of carbonyl (C=O) groups excluding carboxylic acids is 3. The molecule has 0 bridgehead atoms. The van der Waals surface area contributed by atoms with Gasteiger partial charge in [-0.1, -0.05) is 76.6 Å². The highest BCUT2D eigenvalue weighted by Gasteiger charge is 2.36. The van der Waals surface area contributed by atoms with Gasteiger partial charge in [0.2, 0.25) is 11.8 Å². The van der Waals surface area contributed by atoms with Crippen LogP contribution in [0.4, 0.5) is 5.69 Å². The summed E-state index contributed by atoms with van der Waals surface area (Å²) >= 11 is 0. The van der Waals surface area contributed by atoms with Crippen molar-refractivity contribution in [1.82, 2.24) is 15.1 Å². The minimum atomic E-state index is -0.669. The minimum absolute atomic E-state index is 0.0286. The number of hydrogen-bond donors (Lipinski definition) is 2. The number of benzene rings is 2. The first kappa shape index (κ1) is 34.8. The normalized spacial score (nSPS) is 17.4. The third kappa shape index (κ3) is 8.72. The lowest BCUT2D eigenvalue weighted by Crippen LogP contribution is -2.58. The van der Waals surface area contributed by atoms with Gasteiger partial charge in [-0.2, -0.15) is 0 Å². The van der Waals surface area contributed by atoms with Crippen LogP contribution >= 0.6 is 0 Å². The fourth-order valence-corrected chi connectivity index (χ4v) is 5.90. The van der Waals surface area contributed by atoms with Gasteiger partial charge in [0, 0.05) is 18.7 Å². The van der Waals surface area contributed by atoms with E-state index in [9.17, 15) is 14.4 Å². The number of nitrogens with one attached hydrogen (secondary N) is 2. The maximum Gasteiger partial charge on any atom is 0.251 e. The Labute approximate surface area is 264 Å². The molecule has 1 aliphatic heterocycles. The molecule has 1 unspecified atom stereocenters. The van der Waals surface area contributed by atoms with Crippen molar-refractivity contribution in [2.45, 2.75) is 91.9 Å². The van der Waals surface area contributed by atoms with Gasteiger partial charge in [0.25, 0.3) is 5.91 Å². The van der Waals surface area contributed by atoms with E-state index in [1.165, 1.54) is 0 Å². The molecule has 1 aliphatic rings. The number of piperidine rings is 1. The third-order valence-electron chi connectivity index (χ3n) is 8.55. The van der Waals surface area contributed by atoms with Crippen molar-refractivity contribution in [2.75, 3.05) is 26.0 Å². The van der Waals surface area contributed by atoms with Crippen LogP contribution in [0.1, 0.15) is 67.7 Å². The fraction of sp³-hybridized carbons (Fsp3) is 0.528. The predicted octanol–water partition coefficient (Wildman–Crippen LogP) is 6.13. The van der Waals surface area contributed by atoms with Crippen molar-refractivity contribution in [3.8, 4) is 16.9 Å². The zero-order valence-electron chi connectivity index (χ0n) is 28.0. The Hall–Kier alpha value is -3.65. The molecule has 1 fully saturated rings. The van der Waals surface area contributed by atoms with E-state index in [0.29, 0.717) is 17.0 Å². The largest absolute Gasteiger partial charge is 0.495 e. The van der Waals surface area contributed by atoms with Gasteiger partial charge in [-0.15, -0.1) is 0 Å². The SMILES string of the molecule is COc1ccc(-c2ccccc2)cc1NC(=O)C(C)=C[C@H](C(C)C)N(C)C(=O)[C@@H](NC(=O)C1CCCCN1C(C)C)C(C)C. The second kappa shape index (κ2) is 15.9. The average Bonchev–Trinajstić information content (AvgIpc) is 3.01. The molecule has 3 amide bonds. The monoisotopic (exact) mass is 604 g/mol. The van der Waals surface area contributed by atoms with Gasteiger partial charge in [-0.25, -0.2) is 0 Å². The van der Waals surface area contributed by atoms with Crippen molar-refractivity contribution >= 4 is 23.4 Å². The van der Waals surface area contributed by atoms with Gasteiger partial charge in [0.15, 0.2) is 0 Å². The number of likely N-dealkylation sites (N-methyl/N-ethyl adjacent to an activating group) is 1. The Morgan fingerprint density at radius 1 is 0.955 bits per heavy atom. The molecule has 0 saturated carbocycles. The van der Waals surface area contributed by atoms with Crippen molar-refractivity contribution < 1.29 is 19.1 Å². The lowest BCUT2D eigenvalue weighted by atomic mass is 9.95. The molecule has 1 heterocycles. The molecule has 8 heteroatoms. The van der Waals surface area contributed by atoms with Crippen molar-refractivity contribution in [3.63, 3.8) is 0 Å². The molecule has 0 aromatic heterocycles. The molecule has 3 rings (SSSR count). The van der Waals surface area contributed by atoms with E-state index in [0.717, 1.165) is 36.9 Å². The second-order valence-electron chi connectivity index (χ2n) is 12.8. The molecule has 3 atom stereocenters. The van der Waals surface area contributed by atoms with Crippen LogP contribution in [0.15, 0.2) is 60.2 Å². The molecular formula is C36H52N4O4. The summed E-state index contributed by atoms with van der Waals surface area (Å²) in [5.74, 6) is -0.0438. The summed E-state index contributed by atoms with van der Waals surface area (Å²) in [5, 5.41) is 6.10. The second-order valence-corrected chi connectivity index (χ2v) is 12.8. The highest BCUT2D eigenvalue weighted by Crippen LogP contribution is 2.31. The zero-order valence-corrected chi connectivity index (χ0v) is 28.0. The summed E-state index contributed by atoms with van der Waals surface area (Å²) in [6, 6.07) is 14.6. The van der Waals surface area contributed by atoms with Crippen LogP contribution in [0.3, 0.4) is 0 Å². The molecule has 0 spiro atoms. The summed E-state index contributed by atoms with van der Waals surface area (Å²) in [7, 11) is 3.33. The van der Waals surface area contributed by atoms with Gasteiger partial charge < -0.3 is 20.3 Å². The van der Waals surface area contributed by atoms with Gasteiger partial charge in [0.1, 0.15) is 11.8 Å². The standard InChI is InChI=1S/C36H52N4O4/c1-23(2)31(39(8)36(43)33(24(3)4)38-35(42)30-17-13-14-20-40(30)25(5)6)21-26(7)34(41)37-29-22-28(18-19-32(29)44-9)27-15-11-10-12-16-27/h10-12,15-16,18-19,21-25,30-31,33H,13-14,17,20H2,1-9H3,(H,37,41)(H,38,42)/t30?,31-,33+/m1/s1. The number of carbonyl (C=O) groups is 3. The maximum absolute atomic E-state index is 13.9. The quantitative estimate of drug-likeness (QED) is 0.284. The lowest BCUT2D eigenvalue weighted by Gasteiger charge is -2.39. The molecule has 0 radical (unpaired) electrons. The summed E-state index contributed by atoms with van der Waals surface area (Å²) in [4.78, 5) is 44.7. The van der Waals surface area contributed by atoms with Crippen molar-refractivity contribution in [2.24, 2.45) is 11.8 Å². The Morgan fingerprint density at radius 3 is 2.23 bits per heavy atom. The van der Waals surface area contributed by atoms with Gasteiger partial charge in [-0.3, -0.25) is 19.3 Å². The van der Waals surface area contributed by atoms with Crippen LogP contribution < -0.4 is 15.4 Å². The van der Waals surface area contributed by atoms with E-state index in [4.69, 9.17) is 4.74 Å². The fourth-order valence-electron chi connectivity index (χ4n) is 5.90. The van der Waals surface area contributed by atoms with Crippen LogP contribution in [0, 0.1) is 11.8 Å². The summed E-state index contributed by atoms with van der Waals surface area (Å²) < 4.78 is 5.53. The number of methoxy groups -OCH3 is 1. The number of rotatable bonds is 12. The van der Waals surface area contributed by atoms with Crippen LogP contribution in [0.25, 0.3) is 11.1 Å². The summed E-state index contributed by atoms with van der Waals surface area (Å²) in [6.07, 6.45) is 4.72. The maximum atomic E-state index is 13.9. The molecule has 0 aliphatic carbocycles. The molecular weight excluding hydrogens is 552 g/mol. The van der Waals surface area contributed by atoms with E-state index in [1.807, 2.05) is 82.3 Å². The van der Waals surface area contributed by atoms with E-state index in [-0.39, 0.29) is 47.7 Å². The molecule has 8 nitrogen and oxygen atoms in total. The Kier molecular flexibility index (Phi) is 12.6. The summed E-state index contributed by atoms with van der Waals surface area (Å²) in [5.41, 5.74) is 3.04. The van der Waals surface area contributed by atoms with E-state index >= 15 is 0 Å². The minimum Gasteiger partial charge on any atom is -0.495 e. The first-order chi connectivity index (χ1) is 20.8. The van der Waals surface area contributed by atoms with Crippen LogP contribution in [-0.2, 0) is 14.4 Å². The number of ether oxygens (including phenoxy) is 1. The average molecular weight is 605 g/mol. The van der Waals surface area contributed by atoms with E-state index in [1.54, 1.807) is 26.0 Å². The molecule has 240 valence electrons. The van der Waals surface area contributed by atoms with Crippen molar-refractivity contribution in [1.29, 1.82) is 0 Å².